The van der Waals surface area contributed by atoms with E-state index in [1.165, 1.54) is 6.33 Å². The second-order valence-electron chi connectivity index (χ2n) is 6.38. The van der Waals surface area contributed by atoms with Gasteiger partial charge in [0.05, 0.1) is 24.3 Å². The van der Waals surface area contributed by atoms with Crippen LogP contribution in [0.3, 0.4) is 0 Å². The normalized spacial score (nSPS) is 10.6. The number of amides is 1. The van der Waals surface area contributed by atoms with Gasteiger partial charge in [0.15, 0.2) is 0 Å². The topological polar surface area (TPSA) is 72.7 Å². The summed E-state index contributed by atoms with van der Waals surface area (Å²) in [6.07, 6.45) is 6.95. The number of aromatic nitrogens is 4. The maximum atomic E-state index is 12.4. The van der Waals surface area contributed by atoms with Gasteiger partial charge in [-0.15, -0.1) is 0 Å². The van der Waals surface area contributed by atoms with Crippen LogP contribution in [0.15, 0.2) is 85.7 Å². The molecule has 6 heteroatoms. The molecule has 2 aromatic carbocycles. The quantitative estimate of drug-likeness (QED) is 0.566. The van der Waals surface area contributed by atoms with Crippen molar-refractivity contribution in [2.75, 3.05) is 0 Å². The number of nitrogens with zero attached hydrogens (tertiary/aromatic N) is 4. The van der Waals surface area contributed by atoms with Crippen LogP contribution in [0.25, 0.3) is 11.3 Å². The molecule has 1 amide bonds. The van der Waals surface area contributed by atoms with Gasteiger partial charge in [0.1, 0.15) is 6.33 Å². The van der Waals surface area contributed by atoms with Crippen molar-refractivity contribution in [1.82, 2.24) is 24.8 Å². The summed E-state index contributed by atoms with van der Waals surface area (Å²) in [6.45, 7) is 1.07. The highest BCUT2D eigenvalue weighted by Crippen LogP contribution is 2.16. The van der Waals surface area contributed by atoms with Crippen LogP contribution >= 0.6 is 0 Å². The van der Waals surface area contributed by atoms with E-state index in [4.69, 9.17) is 0 Å². The maximum absolute atomic E-state index is 12.4. The Morgan fingerprint density at radius 2 is 1.82 bits per heavy atom. The standard InChI is InChI=1S/C22H19N5O/c28-22(19-8-6-17(7-9-19)14-27-11-10-23-16-27)24-13-20-12-21(26-15-25-20)18-4-2-1-3-5-18/h1-12,15-16H,13-14H2,(H,24,28). The summed E-state index contributed by atoms with van der Waals surface area (Å²) < 4.78 is 1.98. The fraction of sp³-hybridized carbons (Fsp3) is 0.0909. The molecule has 1 N–H and O–H groups in total. The lowest BCUT2D eigenvalue weighted by molar-refractivity contribution is 0.0950. The Balaban J connectivity index is 1.38. The van der Waals surface area contributed by atoms with E-state index in [2.05, 4.69) is 20.3 Å². The van der Waals surface area contributed by atoms with Gasteiger partial charge in [0, 0.05) is 30.1 Å². The van der Waals surface area contributed by atoms with Crippen molar-refractivity contribution in [3.05, 3.63) is 103 Å². The molecule has 0 aliphatic rings. The van der Waals surface area contributed by atoms with Crippen LogP contribution in [0.1, 0.15) is 21.6 Å². The molecule has 0 bridgehead atoms. The van der Waals surface area contributed by atoms with E-state index in [0.29, 0.717) is 12.1 Å². The van der Waals surface area contributed by atoms with Crippen LogP contribution in [0, 0.1) is 0 Å². The maximum Gasteiger partial charge on any atom is 0.251 e. The summed E-state index contributed by atoms with van der Waals surface area (Å²) in [5.74, 6) is -0.131. The second kappa shape index (κ2) is 8.26. The van der Waals surface area contributed by atoms with E-state index in [1.54, 1.807) is 12.5 Å². The first-order valence-electron chi connectivity index (χ1n) is 8.97. The first-order valence-corrected chi connectivity index (χ1v) is 8.97. The van der Waals surface area contributed by atoms with Gasteiger partial charge in [-0.3, -0.25) is 4.79 Å². The van der Waals surface area contributed by atoms with Crippen LogP contribution in [-0.2, 0) is 13.1 Å². The minimum Gasteiger partial charge on any atom is -0.346 e. The predicted molar refractivity (Wildman–Crippen MR) is 106 cm³/mol. The zero-order valence-electron chi connectivity index (χ0n) is 15.2. The van der Waals surface area contributed by atoms with Crippen LogP contribution in [0.2, 0.25) is 0 Å². The third-order valence-corrected chi connectivity index (χ3v) is 4.36. The summed E-state index contributed by atoms with van der Waals surface area (Å²) in [7, 11) is 0. The molecule has 0 unspecified atom stereocenters. The SMILES string of the molecule is O=C(NCc1cc(-c2ccccc2)ncn1)c1ccc(Cn2ccnc2)cc1. The molecule has 0 aliphatic carbocycles. The Morgan fingerprint density at radius 1 is 1.00 bits per heavy atom. The molecule has 2 aromatic heterocycles. The molecule has 0 atom stereocenters. The molecule has 4 rings (SSSR count). The van der Waals surface area contributed by atoms with Gasteiger partial charge >= 0.3 is 0 Å². The summed E-state index contributed by atoms with van der Waals surface area (Å²) in [4.78, 5) is 25.0. The van der Waals surface area contributed by atoms with Gasteiger partial charge in [0.25, 0.3) is 5.91 Å². The molecule has 28 heavy (non-hydrogen) atoms. The monoisotopic (exact) mass is 369 g/mol. The molecule has 0 fully saturated rings. The summed E-state index contributed by atoms with van der Waals surface area (Å²) in [6, 6.07) is 19.3. The molecule has 0 spiro atoms. The fourth-order valence-corrected chi connectivity index (χ4v) is 2.89. The van der Waals surface area contributed by atoms with Crippen molar-refractivity contribution in [3.8, 4) is 11.3 Å². The lowest BCUT2D eigenvalue weighted by Crippen LogP contribution is -2.23. The smallest absolute Gasteiger partial charge is 0.251 e. The van der Waals surface area contributed by atoms with E-state index in [9.17, 15) is 4.79 Å². The largest absolute Gasteiger partial charge is 0.346 e. The Kier molecular flexibility index (Phi) is 5.20. The van der Waals surface area contributed by atoms with Crippen LogP contribution in [-0.4, -0.2) is 25.4 Å². The van der Waals surface area contributed by atoms with Crippen LogP contribution in [0.5, 0.6) is 0 Å². The highest BCUT2D eigenvalue weighted by molar-refractivity contribution is 5.94. The molecule has 0 saturated carbocycles. The minimum atomic E-state index is -0.131. The minimum absolute atomic E-state index is 0.131. The number of rotatable bonds is 6. The van der Waals surface area contributed by atoms with Crippen molar-refractivity contribution in [1.29, 1.82) is 0 Å². The Morgan fingerprint density at radius 3 is 2.57 bits per heavy atom. The number of hydrogen-bond donors (Lipinski definition) is 1. The number of benzene rings is 2. The third kappa shape index (κ3) is 4.29. The van der Waals surface area contributed by atoms with Crippen molar-refractivity contribution in [2.24, 2.45) is 0 Å². The lowest BCUT2D eigenvalue weighted by atomic mass is 10.1. The first kappa shape index (κ1) is 17.6. The van der Waals surface area contributed by atoms with E-state index < -0.39 is 0 Å². The van der Waals surface area contributed by atoms with Gasteiger partial charge in [-0.25, -0.2) is 15.0 Å². The van der Waals surface area contributed by atoms with Crippen molar-refractivity contribution < 1.29 is 4.79 Å². The van der Waals surface area contributed by atoms with Crippen molar-refractivity contribution >= 4 is 5.91 Å². The van der Waals surface area contributed by atoms with Gasteiger partial charge in [-0.2, -0.15) is 0 Å². The molecule has 4 aromatic rings. The number of carbonyl (C=O) groups is 1. The van der Waals surface area contributed by atoms with E-state index in [-0.39, 0.29) is 5.91 Å². The fourth-order valence-electron chi connectivity index (χ4n) is 2.89. The number of nitrogens with one attached hydrogen (secondary N) is 1. The molecule has 0 aliphatic heterocycles. The van der Waals surface area contributed by atoms with Crippen LogP contribution < -0.4 is 5.32 Å². The number of imidazole rings is 1. The van der Waals surface area contributed by atoms with E-state index in [0.717, 1.165) is 29.1 Å². The molecule has 0 saturated heterocycles. The molecule has 2 heterocycles. The van der Waals surface area contributed by atoms with E-state index in [1.807, 2.05) is 71.4 Å². The molecular weight excluding hydrogens is 350 g/mol. The Labute approximate surface area is 162 Å². The highest BCUT2D eigenvalue weighted by Gasteiger charge is 2.07. The average Bonchev–Trinajstić information content (AvgIpc) is 3.26. The zero-order valence-corrected chi connectivity index (χ0v) is 15.2. The average molecular weight is 369 g/mol. The predicted octanol–water partition coefficient (Wildman–Crippen LogP) is 3.32. The molecule has 6 nitrogen and oxygen atoms in total. The Hall–Kier alpha value is -3.80. The molecule has 0 radical (unpaired) electrons. The molecule has 138 valence electrons. The summed E-state index contributed by atoms with van der Waals surface area (Å²) in [5.41, 5.74) is 4.35. The van der Waals surface area contributed by atoms with E-state index >= 15 is 0 Å². The number of carbonyl (C=O) groups excluding carboxylic acids is 1. The second-order valence-corrected chi connectivity index (χ2v) is 6.38. The number of hydrogen-bond acceptors (Lipinski definition) is 4. The van der Waals surface area contributed by atoms with Crippen molar-refractivity contribution in [3.63, 3.8) is 0 Å². The highest BCUT2D eigenvalue weighted by atomic mass is 16.1. The lowest BCUT2D eigenvalue weighted by Gasteiger charge is -2.08. The van der Waals surface area contributed by atoms with Gasteiger partial charge in [-0.1, -0.05) is 42.5 Å². The first-order chi connectivity index (χ1) is 13.8. The Bertz CT molecular complexity index is 1040. The zero-order chi connectivity index (χ0) is 19.2. The van der Waals surface area contributed by atoms with Gasteiger partial charge in [-0.05, 0) is 23.8 Å². The van der Waals surface area contributed by atoms with Crippen molar-refractivity contribution in [2.45, 2.75) is 13.1 Å². The van der Waals surface area contributed by atoms with Gasteiger partial charge < -0.3 is 9.88 Å². The van der Waals surface area contributed by atoms with Gasteiger partial charge in [0.2, 0.25) is 0 Å². The summed E-state index contributed by atoms with van der Waals surface area (Å²) in [5, 5.41) is 2.91. The summed E-state index contributed by atoms with van der Waals surface area (Å²) >= 11 is 0. The molecular formula is C22H19N5O. The van der Waals surface area contributed by atoms with Crippen LogP contribution in [0.4, 0.5) is 0 Å². The third-order valence-electron chi connectivity index (χ3n) is 4.36.